The number of nitrogens with two attached hydrogens (primary N) is 1. The van der Waals surface area contributed by atoms with Crippen LogP contribution in [0.2, 0.25) is 5.15 Å². The van der Waals surface area contributed by atoms with E-state index in [2.05, 4.69) is 10.9 Å². The van der Waals surface area contributed by atoms with Crippen LogP contribution >= 0.6 is 11.6 Å². The van der Waals surface area contributed by atoms with Gasteiger partial charge in [0.2, 0.25) is 0 Å². The minimum absolute atomic E-state index is 0.544. The molecule has 3 nitrogen and oxygen atoms in total. The second-order valence-corrected chi connectivity index (χ2v) is 1.54. The van der Waals surface area contributed by atoms with Crippen molar-refractivity contribution in [1.29, 1.82) is 0 Å². The van der Waals surface area contributed by atoms with Gasteiger partial charge in [-0.2, -0.15) is 0 Å². The predicted octanol–water partition coefficient (Wildman–Crippen LogP) is 1.07. The average Bonchev–Trinajstić information content (AvgIpc) is 1.94. The molecule has 50 valence electrons. The molecule has 0 radical (unpaired) electrons. The first-order valence-electron chi connectivity index (χ1n) is 2.22. The third kappa shape index (κ3) is 3.90. The first-order valence-corrected chi connectivity index (χ1v) is 2.60. The zero-order valence-corrected chi connectivity index (χ0v) is 5.42. The van der Waals surface area contributed by atoms with E-state index in [1.54, 1.807) is 12.3 Å². The van der Waals surface area contributed by atoms with Crippen LogP contribution in [0, 0.1) is 0 Å². The van der Waals surface area contributed by atoms with Crippen LogP contribution in [0.15, 0.2) is 24.4 Å². The Kier molecular flexibility index (Phi) is 5.11. The van der Waals surface area contributed by atoms with Crippen molar-refractivity contribution in [1.82, 2.24) is 4.98 Å². The number of hydrogen-bond donors (Lipinski definition) is 2. The van der Waals surface area contributed by atoms with Gasteiger partial charge in [0.15, 0.2) is 0 Å². The van der Waals surface area contributed by atoms with Gasteiger partial charge in [0.05, 0.1) is 0 Å². The molecule has 1 rings (SSSR count). The molecule has 1 heterocycles. The number of pyridine rings is 1. The van der Waals surface area contributed by atoms with E-state index in [-0.39, 0.29) is 0 Å². The molecule has 0 bridgehead atoms. The van der Waals surface area contributed by atoms with E-state index in [0.717, 1.165) is 0 Å². The van der Waals surface area contributed by atoms with Crippen molar-refractivity contribution < 1.29 is 5.21 Å². The average molecular weight is 147 g/mol. The lowest BCUT2D eigenvalue weighted by Crippen LogP contribution is -1.72. The third-order valence-corrected chi connectivity index (χ3v) is 0.852. The van der Waals surface area contributed by atoms with E-state index in [1.165, 1.54) is 0 Å². The lowest BCUT2D eigenvalue weighted by atomic mass is 10.5. The van der Waals surface area contributed by atoms with Gasteiger partial charge in [-0.05, 0) is 12.1 Å². The van der Waals surface area contributed by atoms with Gasteiger partial charge in [0, 0.05) is 6.20 Å². The molecule has 0 aliphatic rings. The van der Waals surface area contributed by atoms with Gasteiger partial charge in [-0.25, -0.2) is 10.9 Å². The fourth-order valence-corrected chi connectivity index (χ4v) is 0.471. The molecule has 0 saturated carbocycles. The largest absolute Gasteiger partial charge is 0.320 e. The summed E-state index contributed by atoms with van der Waals surface area (Å²) in [5.41, 5.74) is 0. The smallest absolute Gasteiger partial charge is 0.129 e. The van der Waals surface area contributed by atoms with Gasteiger partial charge in [0.1, 0.15) is 5.15 Å². The van der Waals surface area contributed by atoms with Crippen LogP contribution in [-0.4, -0.2) is 10.2 Å². The topological polar surface area (TPSA) is 59.1 Å². The lowest BCUT2D eigenvalue weighted by Gasteiger charge is -1.79. The Bertz CT molecular complexity index is 145. The van der Waals surface area contributed by atoms with Crippen molar-refractivity contribution in [3.05, 3.63) is 29.5 Å². The van der Waals surface area contributed by atoms with E-state index < -0.39 is 0 Å². The normalized spacial score (nSPS) is 7.44. The Morgan fingerprint density at radius 2 is 2.11 bits per heavy atom. The fraction of sp³-hybridized carbons (Fsp3) is 0. The summed E-state index contributed by atoms with van der Waals surface area (Å²) in [5.74, 6) is 3.50. The summed E-state index contributed by atoms with van der Waals surface area (Å²) in [6.45, 7) is 0. The first-order chi connectivity index (χ1) is 4.39. The molecule has 0 saturated heterocycles. The van der Waals surface area contributed by atoms with Crippen LogP contribution in [-0.2, 0) is 0 Å². The monoisotopic (exact) mass is 146 g/mol. The number of nitrogens with zero attached hydrogens (tertiary/aromatic N) is 1. The molecule has 0 spiro atoms. The molecule has 4 heteroatoms. The van der Waals surface area contributed by atoms with Crippen molar-refractivity contribution in [3.63, 3.8) is 0 Å². The number of rotatable bonds is 0. The molecule has 9 heavy (non-hydrogen) atoms. The maximum absolute atomic E-state index is 6.50. The Morgan fingerprint density at radius 1 is 1.44 bits per heavy atom. The van der Waals surface area contributed by atoms with E-state index in [0.29, 0.717) is 5.15 Å². The zero-order valence-electron chi connectivity index (χ0n) is 4.66. The maximum atomic E-state index is 6.50. The highest BCUT2D eigenvalue weighted by molar-refractivity contribution is 6.29. The summed E-state index contributed by atoms with van der Waals surface area (Å²) < 4.78 is 0. The highest BCUT2D eigenvalue weighted by Gasteiger charge is 1.76. The highest BCUT2D eigenvalue weighted by Crippen LogP contribution is 1.98. The second kappa shape index (κ2) is 5.50. The van der Waals surface area contributed by atoms with E-state index >= 15 is 0 Å². The van der Waals surface area contributed by atoms with Crippen molar-refractivity contribution in [2.45, 2.75) is 0 Å². The summed E-state index contributed by atoms with van der Waals surface area (Å²) in [6.07, 6.45) is 1.66. The predicted molar refractivity (Wildman–Crippen MR) is 35.2 cm³/mol. The van der Waals surface area contributed by atoms with Gasteiger partial charge < -0.3 is 5.21 Å². The van der Waals surface area contributed by atoms with Crippen LogP contribution in [0.4, 0.5) is 0 Å². The second-order valence-electron chi connectivity index (χ2n) is 1.15. The van der Waals surface area contributed by atoms with E-state index in [9.17, 15) is 0 Å². The highest BCUT2D eigenvalue weighted by atomic mass is 35.5. The number of aromatic nitrogens is 1. The first kappa shape index (κ1) is 8.36. The lowest BCUT2D eigenvalue weighted by molar-refractivity contribution is 0.311. The van der Waals surface area contributed by atoms with Gasteiger partial charge in [-0.15, -0.1) is 0 Å². The molecule has 0 amide bonds. The molecule has 0 atom stereocenters. The minimum Gasteiger partial charge on any atom is -0.320 e. The minimum atomic E-state index is 0.544. The summed E-state index contributed by atoms with van der Waals surface area (Å²) in [4.78, 5) is 3.74. The van der Waals surface area contributed by atoms with Crippen molar-refractivity contribution in [2.75, 3.05) is 0 Å². The Balaban J connectivity index is 0.000000291. The molecule has 0 aliphatic heterocycles. The van der Waals surface area contributed by atoms with Crippen LogP contribution in [0.25, 0.3) is 0 Å². The zero-order chi connectivity index (χ0) is 7.11. The summed E-state index contributed by atoms with van der Waals surface area (Å²) >= 11 is 5.43. The Morgan fingerprint density at radius 3 is 2.33 bits per heavy atom. The number of hydrogen-bond acceptors (Lipinski definition) is 3. The SMILES string of the molecule is Clc1ccccn1.NO. The van der Waals surface area contributed by atoms with Crippen molar-refractivity contribution >= 4 is 11.6 Å². The van der Waals surface area contributed by atoms with Gasteiger partial charge in [-0.3, -0.25) is 0 Å². The van der Waals surface area contributed by atoms with Gasteiger partial charge in [0.25, 0.3) is 0 Å². The Hall–Kier alpha value is -0.640. The molecule has 0 aromatic carbocycles. The van der Waals surface area contributed by atoms with Gasteiger partial charge >= 0.3 is 0 Å². The molecule has 0 aliphatic carbocycles. The molecular weight excluding hydrogens is 140 g/mol. The van der Waals surface area contributed by atoms with E-state index in [1.807, 2.05) is 12.1 Å². The van der Waals surface area contributed by atoms with Crippen LogP contribution in [0.3, 0.4) is 0 Å². The quantitative estimate of drug-likeness (QED) is 0.425. The van der Waals surface area contributed by atoms with Crippen LogP contribution in [0.5, 0.6) is 0 Å². The fourth-order valence-electron chi connectivity index (χ4n) is 0.342. The van der Waals surface area contributed by atoms with Crippen LogP contribution < -0.4 is 5.90 Å². The van der Waals surface area contributed by atoms with Crippen LogP contribution in [0.1, 0.15) is 0 Å². The standard InChI is InChI=1S/C5H4ClN.H3NO/c6-5-3-1-2-4-7-5;1-2/h1-4H;2H,1H2. The van der Waals surface area contributed by atoms with Gasteiger partial charge in [-0.1, -0.05) is 17.7 Å². The van der Waals surface area contributed by atoms with Crippen molar-refractivity contribution in [2.24, 2.45) is 5.90 Å². The summed E-state index contributed by atoms with van der Waals surface area (Å²) in [7, 11) is 0. The Labute approximate surface area is 58.0 Å². The van der Waals surface area contributed by atoms with E-state index in [4.69, 9.17) is 16.8 Å². The van der Waals surface area contributed by atoms with Crippen molar-refractivity contribution in [3.8, 4) is 0 Å². The molecule has 0 unspecified atom stereocenters. The molecule has 3 N–H and O–H groups in total. The molecule has 1 aromatic rings. The third-order valence-electron chi connectivity index (χ3n) is 0.629. The molecule has 1 aromatic heterocycles. The number of halogens is 1. The summed E-state index contributed by atoms with van der Waals surface area (Å²) in [6, 6.07) is 5.41. The summed E-state index contributed by atoms with van der Waals surface area (Å²) in [5, 5.41) is 7.04. The molecular formula is C5H7ClN2O. The maximum Gasteiger partial charge on any atom is 0.129 e. The molecule has 0 fully saturated rings.